The van der Waals surface area contributed by atoms with Crippen LogP contribution in [0.2, 0.25) is 5.02 Å². The number of aromatic hydroxyl groups is 1. The van der Waals surface area contributed by atoms with Gasteiger partial charge in [-0.15, -0.1) is 0 Å². The van der Waals surface area contributed by atoms with E-state index in [0.717, 1.165) is 0 Å². The maximum Gasteiger partial charge on any atom is 0.330 e. The summed E-state index contributed by atoms with van der Waals surface area (Å²) in [6.07, 6.45) is 0.361. The van der Waals surface area contributed by atoms with E-state index in [0.29, 0.717) is 22.9 Å². The highest BCUT2D eigenvalue weighted by Gasteiger charge is 2.43. The Morgan fingerprint density at radius 1 is 1.42 bits per heavy atom. The average Bonchev–Trinajstić information content (AvgIpc) is 2.82. The van der Waals surface area contributed by atoms with Gasteiger partial charge >= 0.3 is 5.97 Å². The van der Waals surface area contributed by atoms with Gasteiger partial charge in [0.05, 0.1) is 5.56 Å². The van der Waals surface area contributed by atoms with Gasteiger partial charge in [-0.25, -0.2) is 4.79 Å². The second kappa shape index (κ2) is 5.30. The standard InChI is InChI=1S/C12H12ClNO4S/c13-7-1-2-9(15)8(5-7)10(16)14-12(11(17)18)3-4-19-6-12/h1-2,5,15H,3-4,6H2,(H,14,16)(H,17,18). The third kappa shape index (κ3) is 2.79. The van der Waals surface area contributed by atoms with Gasteiger partial charge in [0.1, 0.15) is 11.3 Å². The van der Waals surface area contributed by atoms with Crippen LogP contribution in [0, 0.1) is 0 Å². The molecule has 1 heterocycles. The molecule has 102 valence electrons. The highest BCUT2D eigenvalue weighted by atomic mass is 35.5. The molecule has 1 aliphatic rings. The SMILES string of the molecule is O=C(NC1(C(=O)O)CCSC1)c1cc(Cl)ccc1O. The Kier molecular flexibility index (Phi) is 3.91. The van der Waals surface area contributed by atoms with E-state index in [2.05, 4.69) is 5.32 Å². The molecule has 1 aromatic carbocycles. The lowest BCUT2D eigenvalue weighted by atomic mass is 9.98. The number of rotatable bonds is 3. The predicted octanol–water partition coefficient (Wildman–Crippen LogP) is 1.74. The molecule has 1 fully saturated rings. The van der Waals surface area contributed by atoms with Gasteiger partial charge in [-0.2, -0.15) is 11.8 Å². The van der Waals surface area contributed by atoms with Crippen LogP contribution in [0.4, 0.5) is 0 Å². The number of hydrogen-bond donors (Lipinski definition) is 3. The molecule has 19 heavy (non-hydrogen) atoms. The number of amides is 1. The number of nitrogens with one attached hydrogen (secondary N) is 1. The number of carbonyl (C=O) groups excluding carboxylic acids is 1. The molecule has 2 rings (SSSR count). The van der Waals surface area contributed by atoms with E-state index >= 15 is 0 Å². The van der Waals surface area contributed by atoms with Crippen LogP contribution in [0.5, 0.6) is 5.75 Å². The molecule has 1 aliphatic heterocycles. The first-order chi connectivity index (χ1) is 8.94. The number of carboxylic acids is 1. The molecule has 1 atom stereocenters. The zero-order chi connectivity index (χ0) is 14.0. The maximum atomic E-state index is 12.1. The number of carboxylic acid groups (broad SMARTS) is 1. The van der Waals surface area contributed by atoms with Crippen LogP contribution in [0.1, 0.15) is 16.8 Å². The van der Waals surface area contributed by atoms with Crippen molar-refractivity contribution in [3.8, 4) is 5.75 Å². The molecule has 0 radical (unpaired) electrons. The minimum atomic E-state index is -1.27. The predicted molar refractivity (Wildman–Crippen MR) is 72.9 cm³/mol. The van der Waals surface area contributed by atoms with Crippen molar-refractivity contribution in [1.29, 1.82) is 0 Å². The van der Waals surface area contributed by atoms with E-state index in [1.54, 1.807) is 0 Å². The second-order valence-electron chi connectivity index (χ2n) is 4.31. The molecule has 1 saturated heterocycles. The summed E-state index contributed by atoms with van der Waals surface area (Å²) in [6.45, 7) is 0. The minimum absolute atomic E-state index is 0.0231. The summed E-state index contributed by atoms with van der Waals surface area (Å²) in [7, 11) is 0. The van der Waals surface area contributed by atoms with Crippen LogP contribution < -0.4 is 5.32 Å². The Morgan fingerprint density at radius 2 is 2.16 bits per heavy atom. The summed E-state index contributed by atoms with van der Waals surface area (Å²) in [6, 6.07) is 4.06. The Morgan fingerprint density at radius 3 is 2.74 bits per heavy atom. The topological polar surface area (TPSA) is 86.6 Å². The number of carbonyl (C=O) groups is 2. The molecule has 0 spiro atoms. The summed E-state index contributed by atoms with van der Waals surface area (Å²) in [5.41, 5.74) is -1.29. The minimum Gasteiger partial charge on any atom is -0.507 e. The molecule has 0 aliphatic carbocycles. The van der Waals surface area contributed by atoms with Gasteiger partial charge in [0.25, 0.3) is 5.91 Å². The second-order valence-corrected chi connectivity index (χ2v) is 5.85. The van der Waals surface area contributed by atoms with Crippen LogP contribution >= 0.6 is 23.4 Å². The van der Waals surface area contributed by atoms with Crippen molar-refractivity contribution in [2.75, 3.05) is 11.5 Å². The molecule has 7 heteroatoms. The van der Waals surface area contributed by atoms with Crippen LogP contribution in [0.25, 0.3) is 0 Å². The largest absolute Gasteiger partial charge is 0.507 e. The molecular weight excluding hydrogens is 290 g/mol. The Bertz CT molecular complexity index is 528. The molecule has 3 N–H and O–H groups in total. The van der Waals surface area contributed by atoms with Crippen LogP contribution in [0.15, 0.2) is 18.2 Å². The molecule has 5 nitrogen and oxygen atoms in total. The number of hydrogen-bond acceptors (Lipinski definition) is 4. The van der Waals surface area contributed by atoms with Crippen molar-refractivity contribution in [2.45, 2.75) is 12.0 Å². The van der Waals surface area contributed by atoms with Gasteiger partial charge in [-0.1, -0.05) is 11.6 Å². The Labute approximate surface area is 119 Å². The highest BCUT2D eigenvalue weighted by Crippen LogP contribution is 2.29. The first-order valence-electron chi connectivity index (χ1n) is 5.57. The van der Waals surface area contributed by atoms with E-state index in [4.69, 9.17) is 11.6 Å². The molecule has 1 aromatic rings. The molecule has 1 unspecified atom stereocenters. The summed E-state index contributed by atoms with van der Waals surface area (Å²) in [5.74, 6) is -0.936. The summed E-state index contributed by atoms with van der Waals surface area (Å²) in [4.78, 5) is 23.4. The fraction of sp³-hybridized carbons (Fsp3) is 0.333. The lowest BCUT2D eigenvalue weighted by molar-refractivity contribution is -0.143. The molecule has 1 amide bonds. The van der Waals surface area contributed by atoms with Crippen molar-refractivity contribution < 1.29 is 19.8 Å². The zero-order valence-corrected chi connectivity index (χ0v) is 11.4. The number of phenolic OH excluding ortho intramolecular Hbond substituents is 1. The fourth-order valence-electron chi connectivity index (χ4n) is 1.86. The van der Waals surface area contributed by atoms with Crippen molar-refractivity contribution in [1.82, 2.24) is 5.32 Å². The lowest BCUT2D eigenvalue weighted by Crippen LogP contribution is -2.54. The van der Waals surface area contributed by atoms with E-state index in [1.807, 2.05) is 0 Å². The molecule has 0 aromatic heterocycles. The quantitative estimate of drug-likeness (QED) is 0.791. The van der Waals surface area contributed by atoms with E-state index < -0.39 is 17.4 Å². The summed E-state index contributed by atoms with van der Waals surface area (Å²) in [5, 5.41) is 21.7. The number of benzene rings is 1. The Balaban J connectivity index is 2.25. The third-order valence-electron chi connectivity index (χ3n) is 2.99. The third-order valence-corrected chi connectivity index (χ3v) is 4.41. The molecule has 0 saturated carbocycles. The van der Waals surface area contributed by atoms with Gasteiger partial charge in [-0.3, -0.25) is 4.79 Å². The zero-order valence-electron chi connectivity index (χ0n) is 9.85. The van der Waals surface area contributed by atoms with Gasteiger partial charge in [0, 0.05) is 10.8 Å². The van der Waals surface area contributed by atoms with Crippen LogP contribution in [0.3, 0.4) is 0 Å². The lowest BCUT2D eigenvalue weighted by Gasteiger charge is -2.24. The van der Waals surface area contributed by atoms with Gasteiger partial charge in [0.2, 0.25) is 0 Å². The number of halogens is 1. The number of thioether (sulfide) groups is 1. The van der Waals surface area contributed by atoms with Crippen molar-refractivity contribution in [2.24, 2.45) is 0 Å². The van der Waals surface area contributed by atoms with Gasteiger partial charge in [0.15, 0.2) is 0 Å². The van der Waals surface area contributed by atoms with Crippen molar-refractivity contribution in [3.63, 3.8) is 0 Å². The monoisotopic (exact) mass is 301 g/mol. The Hall–Kier alpha value is -1.40. The van der Waals surface area contributed by atoms with E-state index in [1.165, 1.54) is 30.0 Å². The van der Waals surface area contributed by atoms with Gasteiger partial charge in [-0.05, 0) is 30.4 Å². The van der Waals surface area contributed by atoms with Crippen LogP contribution in [-0.4, -0.2) is 39.1 Å². The van der Waals surface area contributed by atoms with Crippen molar-refractivity contribution >= 4 is 35.2 Å². The van der Waals surface area contributed by atoms with Crippen LogP contribution in [-0.2, 0) is 4.79 Å². The highest BCUT2D eigenvalue weighted by molar-refractivity contribution is 7.99. The molecule has 0 bridgehead atoms. The first kappa shape index (κ1) is 14.0. The van der Waals surface area contributed by atoms with E-state index in [9.17, 15) is 19.8 Å². The van der Waals surface area contributed by atoms with Crippen molar-refractivity contribution in [3.05, 3.63) is 28.8 Å². The van der Waals surface area contributed by atoms with E-state index in [-0.39, 0.29) is 11.3 Å². The van der Waals surface area contributed by atoms with Gasteiger partial charge < -0.3 is 15.5 Å². The molecular formula is C12H12ClNO4S. The summed E-state index contributed by atoms with van der Waals surface area (Å²) >= 11 is 7.23. The first-order valence-corrected chi connectivity index (χ1v) is 7.10. The maximum absolute atomic E-state index is 12.1. The fourth-order valence-corrected chi connectivity index (χ4v) is 3.36. The number of aliphatic carboxylic acids is 1. The summed E-state index contributed by atoms with van der Waals surface area (Å²) < 4.78 is 0. The normalized spacial score (nSPS) is 22.2. The average molecular weight is 302 g/mol. The number of phenols is 1. The smallest absolute Gasteiger partial charge is 0.330 e.